The second kappa shape index (κ2) is 12.8. The Hall–Kier alpha value is -1.36. The third kappa shape index (κ3) is 7.07. The van der Waals surface area contributed by atoms with E-state index < -0.39 is 12.2 Å². The second-order valence-corrected chi connectivity index (χ2v) is 10.2. The van der Waals surface area contributed by atoms with Gasteiger partial charge in [0.15, 0.2) is 0 Å². The van der Waals surface area contributed by atoms with Crippen LogP contribution in [0.15, 0.2) is 36.4 Å². The lowest BCUT2D eigenvalue weighted by Crippen LogP contribution is -2.18. The van der Waals surface area contributed by atoms with Gasteiger partial charge in [-0.05, 0) is 55.1 Å². The van der Waals surface area contributed by atoms with E-state index in [9.17, 15) is 15.0 Å². The van der Waals surface area contributed by atoms with E-state index in [1.165, 1.54) is 39.2 Å². The van der Waals surface area contributed by atoms with Gasteiger partial charge in [0.25, 0.3) is 0 Å². The standard InChI is InChI=1S/C27H39ClO4/c1-32-26(31)12-8-3-2-7-11-22-23(28)18-25(30)27(22)21-15-13-20(14-16-21)24(29)17-19-9-5-4-6-10-19/h2,7,13-16,19,22-25,27,29-30H,3-6,8-12,17-18H2,1H3/t22-,23+,24?,25+,27+/m0/s1. The number of carbonyl (C=O) groups excluding carboxylic acids is 1. The zero-order valence-electron chi connectivity index (χ0n) is 19.3. The maximum absolute atomic E-state index is 11.2. The fourth-order valence-electron chi connectivity index (χ4n) is 5.48. The number of hydrogen-bond acceptors (Lipinski definition) is 4. The largest absolute Gasteiger partial charge is 0.469 e. The molecule has 0 spiro atoms. The van der Waals surface area contributed by atoms with Gasteiger partial charge >= 0.3 is 5.97 Å². The van der Waals surface area contributed by atoms with Gasteiger partial charge in [0.05, 0.1) is 19.3 Å². The maximum Gasteiger partial charge on any atom is 0.305 e. The van der Waals surface area contributed by atoms with Gasteiger partial charge in [-0.1, -0.05) is 68.5 Å². The van der Waals surface area contributed by atoms with E-state index in [0.29, 0.717) is 18.8 Å². The molecule has 0 aromatic heterocycles. The molecule has 32 heavy (non-hydrogen) atoms. The van der Waals surface area contributed by atoms with Crippen LogP contribution in [0.1, 0.15) is 93.8 Å². The summed E-state index contributed by atoms with van der Waals surface area (Å²) in [6.45, 7) is 0. The van der Waals surface area contributed by atoms with Crippen LogP contribution < -0.4 is 0 Å². The number of hydrogen-bond donors (Lipinski definition) is 2. The van der Waals surface area contributed by atoms with Gasteiger partial charge in [-0.3, -0.25) is 4.79 Å². The van der Waals surface area contributed by atoms with E-state index in [1.807, 2.05) is 12.1 Å². The Balaban J connectivity index is 1.56. The predicted octanol–water partition coefficient (Wildman–Crippen LogP) is 6.05. The molecule has 2 aliphatic rings. The number of allylic oxidation sites excluding steroid dienone is 2. The summed E-state index contributed by atoms with van der Waals surface area (Å²) in [7, 11) is 1.41. The molecule has 0 saturated heterocycles. The van der Waals surface area contributed by atoms with Crippen LogP contribution >= 0.6 is 11.6 Å². The topological polar surface area (TPSA) is 66.8 Å². The molecule has 5 heteroatoms. The zero-order valence-corrected chi connectivity index (χ0v) is 20.1. The lowest BCUT2D eigenvalue weighted by molar-refractivity contribution is -0.140. The molecule has 1 unspecified atom stereocenters. The third-order valence-electron chi connectivity index (χ3n) is 7.35. The minimum Gasteiger partial charge on any atom is -0.469 e. The van der Waals surface area contributed by atoms with E-state index in [1.54, 1.807) is 0 Å². The van der Waals surface area contributed by atoms with Crippen LogP contribution in [0.5, 0.6) is 0 Å². The van der Waals surface area contributed by atoms with Gasteiger partial charge in [-0.15, -0.1) is 11.6 Å². The Morgan fingerprint density at radius 3 is 2.59 bits per heavy atom. The van der Waals surface area contributed by atoms with Crippen LogP contribution in [0.3, 0.4) is 0 Å². The Kier molecular flexibility index (Phi) is 10.1. The number of benzene rings is 1. The first-order chi connectivity index (χ1) is 15.5. The van der Waals surface area contributed by atoms with Crippen molar-refractivity contribution in [3.05, 3.63) is 47.5 Å². The summed E-state index contributed by atoms with van der Waals surface area (Å²) in [4.78, 5) is 11.2. The molecule has 5 atom stereocenters. The predicted molar refractivity (Wildman–Crippen MR) is 129 cm³/mol. The van der Waals surface area contributed by atoms with Crippen molar-refractivity contribution in [1.82, 2.24) is 0 Å². The number of carbonyl (C=O) groups is 1. The lowest BCUT2D eigenvalue weighted by atomic mass is 9.83. The number of rotatable bonds is 10. The molecule has 2 N–H and O–H groups in total. The number of aliphatic hydroxyl groups excluding tert-OH is 2. The van der Waals surface area contributed by atoms with Gasteiger partial charge in [0.2, 0.25) is 0 Å². The van der Waals surface area contributed by atoms with Gasteiger partial charge in [0.1, 0.15) is 0 Å². The number of alkyl halides is 1. The van der Waals surface area contributed by atoms with Crippen LogP contribution in [0, 0.1) is 11.8 Å². The first-order valence-corrected chi connectivity index (χ1v) is 12.7. The lowest BCUT2D eigenvalue weighted by Gasteiger charge is -2.25. The molecule has 0 heterocycles. The highest BCUT2D eigenvalue weighted by molar-refractivity contribution is 6.21. The molecule has 178 valence electrons. The average Bonchev–Trinajstić information content (AvgIpc) is 3.09. The monoisotopic (exact) mass is 462 g/mol. The van der Waals surface area contributed by atoms with Crippen molar-refractivity contribution in [2.75, 3.05) is 7.11 Å². The van der Waals surface area contributed by atoms with Crippen molar-refractivity contribution >= 4 is 17.6 Å². The van der Waals surface area contributed by atoms with Gasteiger partial charge in [0, 0.05) is 17.7 Å². The highest BCUT2D eigenvalue weighted by atomic mass is 35.5. The van der Waals surface area contributed by atoms with E-state index in [4.69, 9.17) is 11.6 Å². The van der Waals surface area contributed by atoms with Crippen LogP contribution in [-0.2, 0) is 9.53 Å². The van der Waals surface area contributed by atoms with E-state index in [-0.39, 0.29) is 23.2 Å². The van der Waals surface area contributed by atoms with Crippen LogP contribution in [0.25, 0.3) is 0 Å². The van der Waals surface area contributed by atoms with E-state index >= 15 is 0 Å². The quantitative estimate of drug-likeness (QED) is 0.192. The second-order valence-electron chi connectivity index (χ2n) is 9.61. The van der Waals surface area contributed by atoms with Gasteiger partial charge in [-0.2, -0.15) is 0 Å². The number of aliphatic hydroxyl groups is 2. The molecule has 2 fully saturated rings. The summed E-state index contributed by atoms with van der Waals surface area (Å²) in [5, 5.41) is 21.3. The molecule has 3 rings (SSSR count). The van der Waals surface area contributed by atoms with E-state index in [0.717, 1.165) is 36.8 Å². The highest BCUT2D eigenvalue weighted by Gasteiger charge is 2.41. The molecule has 2 saturated carbocycles. The van der Waals surface area contributed by atoms with Crippen LogP contribution in [0.2, 0.25) is 0 Å². The van der Waals surface area contributed by atoms with E-state index in [2.05, 4.69) is 29.0 Å². The van der Waals surface area contributed by atoms with Gasteiger partial charge < -0.3 is 14.9 Å². The zero-order chi connectivity index (χ0) is 22.9. The SMILES string of the molecule is COC(=O)CCCC=CC[C@@H]1[C@@H](c2ccc(C(O)CC3CCCCC3)cc2)[C@H](O)C[C@H]1Cl. The minimum absolute atomic E-state index is 0.00163. The van der Waals surface area contributed by atoms with Crippen molar-refractivity contribution in [2.24, 2.45) is 11.8 Å². The van der Waals surface area contributed by atoms with Gasteiger partial charge in [-0.25, -0.2) is 0 Å². The molecular formula is C27H39ClO4. The molecule has 0 bridgehead atoms. The Morgan fingerprint density at radius 1 is 1.19 bits per heavy atom. The fraction of sp³-hybridized carbons (Fsp3) is 0.667. The van der Waals surface area contributed by atoms with Crippen molar-refractivity contribution in [3.8, 4) is 0 Å². The Bertz CT molecular complexity index is 726. The molecule has 0 radical (unpaired) electrons. The first kappa shape index (κ1) is 25.3. The summed E-state index contributed by atoms with van der Waals surface area (Å²) >= 11 is 6.61. The molecule has 4 nitrogen and oxygen atoms in total. The summed E-state index contributed by atoms with van der Waals surface area (Å²) in [6.07, 6.45) is 14.0. The smallest absolute Gasteiger partial charge is 0.305 e. The third-order valence-corrected chi connectivity index (χ3v) is 7.85. The molecule has 0 amide bonds. The van der Waals surface area contributed by atoms with Crippen molar-refractivity contribution in [3.63, 3.8) is 0 Å². The number of ether oxygens (including phenoxy) is 1. The number of unbranched alkanes of at least 4 members (excludes halogenated alkanes) is 1. The summed E-state index contributed by atoms with van der Waals surface area (Å²) in [5.74, 6) is 0.629. The van der Waals surface area contributed by atoms with Crippen LogP contribution in [0.4, 0.5) is 0 Å². The maximum atomic E-state index is 11.2. The summed E-state index contributed by atoms with van der Waals surface area (Å²) in [6, 6.07) is 8.18. The van der Waals surface area contributed by atoms with Crippen molar-refractivity contribution in [2.45, 2.75) is 94.1 Å². The Morgan fingerprint density at radius 2 is 1.91 bits per heavy atom. The minimum atomic E-state index is -0.451. The number of esters is 1. The molecule has 2 aliphatic carbocycles. The Labute approximate surface area is 198 Å². The summed E-state index contributed by atoms with van der Waals surface area (Å²) in [5.41, 5.74) is 2.06. The molecular weight excluding hydrogens is 424 g/mol. The van der Waals surface area contributed by atoms with Crippen molar-refractivity contribution in [1.29, 1.82) is 0 Å². The number of halogens is 1. The molecule has 1 aromatic carbocycles. The normalized spacial score (nSPS) is 27.6. The average molecular weight is 463 g/mol. The molecule has 0 aliphatic heterocycles. The number of methoxy groups -OCH3 is 1. The molecule has 1 aromatic rings. The summed E-state index contributed by atoms with van der Waals surface area (Å²) < 4.78 is 4.66. The first-order valence-electron chi connectivity index (χ1n) is 12.3. The van der Waals surface area contributed by atoms with Crippen molar-refractivity contribution < 1.29 is 19.7 Å². The fourth-order valence-corrected chi connectivity index (χ4v) is 5.92. The van der Waals surface area contributed by atoms with Crippen LogP contribution in [-0.4, -0.2) is 34.8 Å². The highest BCUT2D eigenvalue weighted by Crippen LogP contribution is 2.45.